The van der Waals surface area contributed by atoms with Gasteiger partial charge in [-0.15, -0.1) is 0 Å². The molecule has 0 aliphatic heterocycles. The summed E-state index contributed by atoms with van der Waals surface area (Å²) in [6.07, 6.45) is 3.43. The van der Waals surface area contributed by atoms with Gasteiger partial charge < -0.3 is 0 Å². The lowest BCUT2D eigenvalue weighted by Crippen LogP contribution is -2.08. The van der Waals surface area contributed by atoms with Gasteiger partial charge in [0, 0.05) is 5.25 Å². The third-order valence-electron chi connectivity index (χ3n) is 2.23. The van der Waals surface area contributed by atoms with Crippen LogP contribution in [0.4, 0.5) is 0 Å². The average molecular weight is 199 g/mol. The smallest absolute Gasteiger partial charge is 0.0683 e. The van der Waals surface area contributed by atoms with Crippen molar-refractivity contribution in [2.75, 3.05) is 5.75 Å². The van der Waals surface area contributed by atoms with Gasteiger partial charge in [0.1, 0.15) is 0 Å². The van der Waals surface area contributed by atoms with E-state index in [-0.39, 0.29) is 5.41 Å². The van der Waals surface area contributed by atoms with Crippen LogP contribution in [-0.2, 0) is 0 Å². The van der Waals surface area contributed by atoms with Gasteiger partial charge in [-0.05, 0) is 38.9 Å². The SMILES string of the molecule is CCC(C)SCCCC(C)(C)C#N. The lowest BCUT2D eigenvalue weighted by molar-refractivity contribution is 0.447. The van der Waals surface area contributed by atoms with Crippen LogP contribution in [0.1, 0.15) is 47.0 Å². The lowest BCUT2D eigenvalue weighted by Gasteiger charge is -2.15. The van der Waals surface area contributed by atoms with E-state index in [0.29, 0.717) is 0 Å². The summed E-state index contributed by atoms with van der Waals surface area (Å²) in [5.74, 6) is 1.19. The van der Waals surface area contributed by atoms with E-state index in [1.807, 2.05) is 25.6 Å². The Balaban J connectivity index is 3.42. The normalized spacial score (nSPS) is 13.8. The summed E-state index contributed by atoms with van der Waals surface area (Å²) in [7, 11) is 0. The zero-order valence-corrected chi connectivity index (χ0v) is 10.1. The van der Waals surface area contributed by atoms with Gasteiger partial charge in [-0.3, -0.25) is 0 Å². The molecule has 0 saturated heterocycles. The molecule has 1 nitrogen and oxygen atoms in total. The molecule has 0 aliphatic rings. The van der Waals surface area contributed by atoms with E-state index in [1.165, 1.54) is 12.2 Å². The Morgan fingerprint density at radius 2 is 2.08 bits per heavy atom. The van der Waals surface area contributed by atoms with E-state index < -0.39 is 0 Å². The predicted octanol–water partition coefficient (Wildman–Crippen LogP) is 3.85. The van der Waals surface area contributed by atoms with Gasteiger partial charge in [0.15, 0.2) is 0 Å². The topological polar surface area (TPSA) is 23.8 Å². The van der Waals surface area contributed by atoms with Crippen molar-refractivity contribution in [3.8, 4) is 6.07 Å². The van der Waals surface area contributed by atoms with Gasteiger partial charge in [0.25, 0.3) is 0 Å². The van der Waals surface area contributed by atoms with Crippen LogP contribution in [0.2, 0.25) is 0 Å². The van der Waals surface area contributed by atoms with E-state index in [4.69, 9.17) is 5.26 Å². The molecule has 0 aromatic rings. The molecule has 0 spiro atoms. The average Bonchev–Trinajstić information content (AvgIpc) is 2.12. The van der Waals surface area contributed by atoms with Gasteiger partial charge >= 0.3 is 0 Å². The molecular formula is C11H21NS. The molecule has 0 aromatic heterocycles. The van der Waals surface area contributed by atoms with Crippen LogP contribution in [0.5, 0.6) is 0 Å². The number of nitrogens with zero attached hydrogens (tertiary/aromatic N) is 1. The van der Waals surface area contributed by atoms with Crippen molar-refractivity contribution in [3.63, 3.8) is 0 Å². The first kappa shape index (κ1) is 12.8. The molecule has 0 aliphatic carbocycles. The molecule has 13 heavy (non-hydrogen) atoms. The van der Waals surface area contributed by atoms with E-state index >= 15 is 0 Å². The minimum atomic E-state index is -0.129. The second-order valence-corrected chi connectivity index (χ2v) is 5.74. The largest absolute Gasteiger partial charge is 0.198 e. The molecule has 0 N–H and O–H groups in total. The Labute approximate surface area is 86.9 Å². The lowest BCUT2D eigenvalue weighted by atomic mass is 9.90. The van der Waals surface area contributed by atoms with Crippen molar-refractivity contribution in [2.45, 2.75) is 52.2 Å². The van der Waals surface area contributed by atoms with Crippen LogP contribution in [0.3, 0.4) is 0 Å². The number of hydrogen-bond donors (Lipinski definition) is 0. The third kappa shape index (κ3) is 6.95. The molecule has 0 heterocycles. The molecule has 0 saturated carbocycles. The minimum Gasteiger partial charge on any atom is -0.198 e. The quantitative estimate of drug-likeness (QED) is 0.607. The molecule has 1 unspecified atom stereocenters. The maximum Gasteiger partial charge on any atom is 0.0683 e. The van der Waals surface area contributed by atoms with Crippen molar-refractivity contribution < 1.29 is 0 Å². The van der Waals surface area contributed by atoms with Crippen molar-refractivity contribution >= 4 is 11.8 Å². The van der Waals surface area contributed by atoms with Gasteiger partial charge in [-0.25, -0.2) is 0 Å². The Hall–Kier alpha value is -0.160. The summed E-state index contributed by atoms with van der Waals surface area (Å²) >= 11 is 2.02. The number of rotatable bonds is 6. The third-order valence-corrected chi connectivity index (χ3v) is 3.65. The molecule has 0 amide bonds. The van der Waals surface area contributed by atoms with E-state index in [2.05, 4.69) is 19.9 Å². The number of hydrogen-bond acceptors (Lipinski definition) is 2. The molecule has 0 bridgehead atoms. The Morgan fingerprint density at radius 3 is 2.54 bits per heavy atom. The fraction of sp³-hybridized carbons (Fsp3) is 0.909. The molecule has 0 rings (SSSR count). The standard InChI is InChI=1S/C11H21NS/c1-5-10(2)13-8-6-7-11(3,4)9-12/h10H,5-8H2,1-4H3. The van der Waals surface area contributed by atoms with Crippen molar-refractivity contribution in [1.29, 1.82) is 5.26 Å². The first-order chi connectivity index (χ1) is 6.02. The monoisotopic (exact) mass is 199 g/mol. The van der Waals surface area contributed by atoms with Crippen LogP contribution >= 0.6 is 11.8 Å². The molecule has 0 aromatic carbocycles. The summed E-state index contributed by atoms with van der Waals surface area (Å²) in [6, 6.07) is 2.33. The van der Waals surface area contributed by atoms with Crippen LogP contribution in [-0.4, -0.2) is 11.0 Å². The number of thioether (sulfide) groups is 1. The maximum absolute atomic E-state index is 8.79. The summed E-state index contributed by atoms with van der Waals surface area (Å²) in [5.41, 5.74) is -0.129. The van der Waals surface area contributed by atoms with Crippen LogP contribution in [0.25, 0.3) is 0 Å². The zero-order chi connectivity index (χ0) is 10.3. The minimum absolute atomic E-state index is 0.129. The Morgan fingerprint density at radius 1 is 1.46 bits per heavy atom. The van der Waals surface area contributed by atoms with E-state index in [9.17, 15) is 0 Å². The highest BCUT2D eigenvalue weighted by atomic mass is 32.2. The number of nitriles is 1. The van der Waals surface area contributed by atoms with E-state index in [1.54, 1.807) is 0 Å². The fourth-order valence-electron chi connectivity index (χ4n) is 0.972. The highest BCUT2D eigenvalue weighted by Gasteiger charge is 2.15. The first-order valence-corrected chi connectivity index (χ1v) is 6.09. The Bertz CT molecular complexity index is 169. The van der Waals surface area contributed by atoms with Gasteiger partial charge in [0.2, 0.25) is 0 Å². The van der Waals surface area contributed by atoms with Crippen LogP contribution < -0.4 is 0 Å². The van der Waals surface area contributed by atoms with Gasteiger partial charge in [0.05, 0.1) is 11.5 Å². The van der Waals surface area contributed by atoms with Crippen molar-refractivity contribution in [2.24, 2.45) is 5.41 Å². The second-order valence-electron chi connectivity index (χ2n) is 4.19. The molecule has 0 fully saturated rings. The highest BCUT2D eigenvalue weighted by Crippen LogP contribution is 2.23. The molecular weight excluding hydrogens is 178 g/mol. The molecule has 2 heteroatoms. The van der Waals surface area contributed by atoms with Crippen molar-refractivity contribution in [1.82, 2.24) is 0 Å². The maximum atomic E-state index is 8.79. The van der Waals surface area contributed by atoms with Crippen LogP contribution in [0.15, 0.2) is 0 Å². The first-order valence-electron chi connectivity index (χ1n) is 5.04. The Kier molecular flexibility index (Phi) is 6.24. The molecule has 76 valence electrons. The zero-order valence-electron chi connectivity index (χ0n) is 9.26. The van der Waals surface area contributed by atoms with Gasteiger partial charge in [-0.2, -0.15) is 17.0 Å². The van der Waals surface area contributed by atoms with Crippen LogP contribution in [0, 0.1) is 16.7 Å². The van der Waals surface area contributed by atoms with Gasteiger partial charge in [-0.1, -0.05) is 13.8 Å². The van der Waals surface area contributed by atoms with E-state index in [0.717, 1.165) is 18.1 Å². The molecule has 1 atom stereocenters. The summed E-state index contributed by atoms with van der Waals surface area (Å²) in [4.78, 5) is 0. The molecule has 0 radical (unpaired) electrons. The highest BCUT2D eigenvalue weighted by molar-refractivity contribution is 7.99. The fourth-order valence-corrected chi connectivity index (χ4v) is 1.92. The van der Waals surface area contributed by atoms with Crippen molar-refractivity contribution in [3.05, 3.63) is 0 Å². The second kappa shape index (κ2) is 6.32. The predicted molar refractivity (Wildman–Crippen MR) is 60.8 cm³/mol. The summed E-state index contributed by atoms with van der Waals surface area (Å²) in [5, 5.41) is 9.56. The summed E-state index contributed by atoms with van der Waals surface area (Å²) < 4.78 is 0. The summed E-state index contributed by atoms with van der Waals surface area (Å²) in [6.45, 7) is 8.51.